The molecule has 1 fully saturated rings. The van der Waals surface area contributed by atoms with Crippen LogP contribution in [0.25, 0.3) is 0 Å². The average molecular weight is 325 g/mol. The average Bonchev–Trinajstić information content (AvgIpc) is 2.90. The second kappa shape index (κ2) is 5.72. The third kappa shape index (κ3) is 2.85. The predicted molar refractivity (Wildman–Crippen MR) is 81.1 cm³/mol. The summed E-state index contributed by atoms with van der Waals surface area (Å²) in [6.45, 7) is 3.34. The van der Waals surface area contributed by atoms with E-state index in [0.29, 0.717) is 23.1 Å². The van der Waals surface area contributed by atoms with Gasteiger partial charge < -0.3 is 14.5 Å². The van der Waals surface area contributed by atoms with E-state index < -0.39 is 11.6 Å². The topological polar surface area (TPSA) is 76.9 Å². The number of oxime groups is 1. The molecule has 0 aromatic carbocycles. The zero-order valence-electron chi connectivity index (χ0n) is 12.5. The molecule has 0 amide bonds. The maximum absolute atomic E-state index is 11.5. The Bertz CT molecular complexity index is 606. The molecule has 0 saturated carbocycles. The molecule has 3 heterocycles. The molecule has 118 valence electrons. The lowest BCUT2D eigenvalue weighted by atomic mass is 9.87. The number of aryl methyl sites for hydroxylation is 1. The first kappa shape index (κ1) is 15.0. The molecule has 0 atom stereocenters. The fraction of sp³-hybridized carbons (Fsp3) is 0.571. The number of carbonyl (C=O) groups is 1. The number of hydrogen-bond donors (Lipinski definition) is 0. The summed E-state index contributed by atoms with van der Waals surface area (Å²) in [7, 11) is 1.35. The van der Waals surface area contributed by atoms with Crippen molar-refractivity contribution in [2.24, 2.45) is 5.16 Å². The minimum Gasteiger partial charge on any atom is -0.464 e. The molecule has 2 aliphatic heterocycles. The van der Waals surface area contributed by atoms with Crippen molar-refractivity contribution in [1.29, 1.82) is 0 Å². The third-order valence-corrected chi connectivity index (χ3v) is 4.25. The maximum atomic E-state index is 11.5. The molecule has 1 saturated heterocycles. The first-order valence-corrected chi connectivity index (χ1v) is 7.49. The smallest absolute Gasteiger partial charge is 0.355 e. The number of halogens is 1. The summed E-state index contributed by atoms with van der Waals surface area (Å²) in [5.74, 6) is 1.05. The fourth-order valence-corrected chi connectivity index (χ4v) is 3.06. The van der Waals surface area contributed by atoms with E-state index in [1.807, 2.05) is 6.92 Å². The molecule has 1 spiro atoms. The Kier molecular flexibility index (Phi) is 3.90. The van der Waals surface area contributed by atoms with E-state index in [1.54, 1.807) is 6.07 Å². The highest BCUT2D eigenvalue weighted by Gasteiger charge is 2.44. The summed E-state index contributed by atoms with van der Waals surface area (Å²) in [6.07, 6.45) is 2.02. The van der Waals surface area contributed by atoms with Gasteiger partial charge in [0, 0.05) is 38.4 Å². The van der Waals surface area contributed by atoms with Crippen molar-refractivity contribution in [3.05, 3.63) is 17.0 Å². The van der Waals surface area contributed by atoms with Crippen molar-refractivity contribution in [2.45, 2.75) is 31.8 Å². The van der Waals surface area contributed by atoms with Crippen LogP contribution in [0.3, 0.4) is 0 Å². The van der Waals surface area contributed by atoms with Crippen molar-refractivity contribution in [3.8, 4) is 0 Å². The van der Waals surface area contributed by atoms with Crippen molar-refractivity contribution in [2.75, 3.05) is 25.1 Å². The summed E-state index contributed by atoms with van der Waals surface area (Å²) < 4.78 is 4.69. The second-order valence-corrected chi connectivity index (χ2v) is 5.95. The van der Waals surface area contributed by atoms with E-state index in [-0.39, 0.29) is 0 Å². The van der Waals surface area contributed by atoms with Gasteiger partial charge in [0.1, 0.15) is 22.4 Å². The number of esters is 1. The first-order valence-electron chi connectivity index (χ1n) is 7.11. The van der Waals surface area contributed by atoms with Gasteiger partial charge in [-0.25, -0.2) is 14.8 Å². The standard InChI is InChI=1S/C14H17ClN4O3/c1-9-16-11(15)7-12(17-9)19-5-3-14(4-6-19)8-10(18-22-14)13(20)21-2/h7H,3-6,8H2,1-2H3. The molecular weight excluding hydrogens is 308 g/mol. The van der Waals surface area contributed by atoms with Crippen LogP contribution in [0.15, 0.2) is 11.2 Å². The number of piperidine rings is 1. The number of rotatable bonds is 2. The van der Waals surface area contributed by atoms with Crippen LogP contribution in [0.4, 0.5) is 5.82 Å². The molecule has 0 bridgehead atoms. The zero-order chi connectivity index (χ0) is 15.7. The Balaban J connectivity index is 1.65. The lowest BCUT2D eigenvalue weighted by Gasteiger charge is -2.37. The molecule has 1 aromatic rings. The van der Waals surface area contributed by atoms with Gasteiger partial charge in [-0.15, -0.1) is 0 Å². The highest BCUT2D eigenvalue weighted by molar-refractivity contribution is 6.36. The predicted octanol–water partition coefficient (Wildman–Crippen LogP) is 1.73. The van der Waals surface area contributed by atoms with Gasteiger partial charge in [-0.05, 0) is 6.92 Å². The van der Waals surface area contributed by atoms with Gasteiger partial charge in [-0.2, -0.15) is 0 Å². The Morgan fingerprint density at radius 3 is 2.77 bits per heavy atom. The van der Waals surface area contributed by atoms with Crippen molar-refractivity contribution in [3.63, 3.8) is 0 Å². The highest BCUT2D eigenvalue weighted by atomic mass is 35.5. The van der Waals surface area contributed by atoms with Crippen molar-refractivity contribution >= 4 is 29.1 Å². The first-order chi connectivity index (χ1) is 10.5. The molecule has 7 nitrogen and oxygen atoms in total. The van der Waals surface area contributed by atoms with E-state index in [2.05, 4.69) is 20.0 Å². The second-order valence-electron chi connectivity index (χ2n) is 5.56. The summed E-state index contributed by atoms with van der Waals surface area (Å²) >= 11 is 5.99. The van der Waals surface area contributed by atoms with Crippen LogP contribution in [0.5, 0.6) is 0 Å². The molecule has 0 N–H and O–H groups in total. The van der Waals surface area contributed by atoms with Crippen LogP contribution in [-0.4, -0.2) is 47.4 Å². The Morgan fingerprint density at radius 1 is 1.41 bits per heavy atom. The number of ether oxygens (including phenoxy) is 1. The maximum Gasteiger partial charge on any atom is 0.355 e. The van der Waals surface area contributed by atoms with E-state index in [0.717, 1.165) is 31.7 Å². The molecule has 0 unspecified atom stereocenters. The lowest BCUT2D eigenvalue weighted by molar-refractivity contribution is -0.132. The largest absolute Gasteiger partial charge is 0.464 e. The minimum absolute atomic E-state index is 0.358. The van der Waals surface area contributed by atoms with E-state index in [1.165, 1.54) is 7.11 Å². The minimum atomic E-state index is -0.419. The van der Waals surface area contributed by atoms with Crippen LogP contribution in [0, 0.1) is 6.92 Å². The van der Waals surface area contributed by atoms with Gasteiger partial charge >= 0.3 is 5.97 Å². The molecule has 22 heavy (non-hydrogen) atoms. The quantitative estimate of drug-likeness (QED) is 0.609. The third-order valence-electron chi connectivity index (χ3n) is 4.05. The van der Waals surface area contributed by atoms with Gasteiger partial charge in [-0.1, -0.05) is 16.8 Å². The van der Waals surface area contributed by atoms with Crippen LogP contribution in [-0.2, 0) is 14.4 Å². The van der Waals surface area contributed by atoms with Crippen LogP contribution in [0.1, 0.15) is 25.1 Å². The summed E-state index contributed by atoms with van der Waals surface area (Å²) in [6, 6.07) is 1.76. The summed E-state index contributed by atoms with van der Waals surface area (Å²) in [5.41, 5.74) is -0.0387. The molecular formula is C14H17ClN4O3. The van der Waals surface area contributed by atoms with Gasteiger partial charge in [0.15, 0.2) is 5.71 Å². The lowest BCUT2D eigenvalue weighted by Crippen LogP contribution is -2.45. The number of methoxy groups -OCH3 is 1. The van der Waals surface area contributed by atoms with Gasteiger partial charge in [0.05, 0.1) is 7.11 Å². The molecule has 2 aliphatic rings. The van der Waals surface area contributed by atoms with Gasteiger partial charge in [0.25, 0.3) is 0 Å². The number of nitrogens with zero attached hydrogens (tertiary/aromatic N) is 4. The van der Waals surface area contributed by atoms with E-state index in [9.17, 15) is 4.79 Å². The highest BCUT2D eigenvalue weighted by Crippen LogP contribution is 2.36. The summed E-state index contributed by atoms with van der Waals surface area (Å²) in [4.78, 5) is 27.7. The van der Waals surface area contributed by atoms with Gasteiger partial charge in [0.2, 0.25) is 0 Å². The van der Waals surface area contributed by atoms with Crippen molar-refractivity contribution in [1.82, 2.24) is 9.97 Å². The molecule has 1 aromatic heterocycles. The SMILES string of the molecule is COC(=O)C1=NOC2(CCN(c3cc(Cl)nc(C)n3)CC2)C1. The van der Waals surface area contributed by atoms with E-state index in [4.69, 9.17) is 21.2 Å². The Morgan fingerprint density at radius 2 is 2.14 bits per heavy atom. The molecule has 3 rings (SSSR count). The number of carbonyl (C=O) groups excluding carboxylic acids is 1. The van der Waals surface area contributed by atoms with Crippen LogP contribution in [0.2, 0.25) is 5.15 Å². The molecule has 8 heteroatoms. The summed E-state index contributed by atoms with van der Waals surface area (Å²) in [5, 5.41) is 4.33. The number of hydrogen-bond acceptors (Lipinski definition) is 7. The van der Waals surface area contributed by atoms with Crippen LogP contribution < -0.4 is 4.90 Å². The van der Waals surface area contributed by atoms with Crippen molar-refractivity contribution < 1.29 is 14.4 Å². The molecule has 0 radical (unpaired) electrons. The van der Waals surface area contributed by atoms with Gasteiger partial charge in [-0.3, -0.25) is 0 Å². The molecule has 0 aliphatic carbocycles. The van der Waals surface area contributed by atoms with Crippen LogP contribution >= 0.6 is 11.6 Å². The Hall–Kier alpha value is -1.89. The number of aromatic nitrogens is 2. The number of anilines is 1. The zero-order valence-corrected chi connectivity index (χ0v) is 13.3. The monoisotopic (exact) mass is 324 g/mol. The normalized spacial score (nSPS) is 19.8. The Labute approximate surface area is 133 Å². The fourth-order valence-electron chi connectivity index (χ4n) is 2.84. The van der Waals surface area contributed by atoms with E-state index >= 15 is 0 Å².